The van der Waals surface area contributed by atoms with E-state index in [1.54, 1.807) is 27.7 Å². The molecule has 2 fully saturated rings. The quantitative estimate of drug-likeness (QED) is 0.495. The van der Waals surface area contributed by atoms with Gasteiger partial charge in [0.15, 0.2) is 0 Å². The molecule has 0 saturated heterocycles. The Bertz CT molecular complexity index is 584. The van der Waals surface area contributed by atoms with Crippen LogP contribution in [0.2, 0.25) is 0 Å². The van der Waals surface area contributed by atoms with Gasteiger partial charge in [-0.25, -0.2) is 4.79 Å². The van der Waals surface area contributed by atoms with E-state index in [4.69, 9.17) is 9.47 Å². The Morgan fingerprint density at radius 1 is 1.36 bits per heavy atom. The number of carbonyl (C=O) groups excluding carboxylic acids is 3. The van der Waals surface area contributed by atoms with Crippen molar-refractivity contribution in [3.8, 4) is 0 Å². The topological polar surface area (TPSA) is 114 Å². The summed E-state index contributed by atoms with van der Waals surface area (Å²) in [5.74, 6) is -1.73. The molecule has 8 nitrogen and oxygen atoms in total. The van der Waals surface area contributed by atoms with E-state index in [1.165, 1.54) is 0 Å². The van der Waals surface area contributed by atoms with Gasteiger partial charge in [0.25, 0.3) is 0 Å². The Balaban J connectivity index is 1.89. The third kappa shape index (κ3) is 4.31. The molecule has 8 heteroatoms. The van der Waals surface area contributed by atoms with Gasteiger partial charge in [0.1, 0.15) is 12.1 Å². The Kier molecular flexibility index (Phi) is 5.13. The van der Waals surface area contributed by atoms with E-state index in [0.29, 0.717) is 6.42 Å². The largest absolute Gasteiger partial charge is 0.444 e. The molecule has 0 aliphatic heterocycles. The molecule has 25 heavy (non-hydrogen) atoms. The van der Waals surface area contributed by atoms with Crippen LogP contribution in [0.5, 0.6) is 0 Å². The number of hydrogen-bond acceptors (Lipinski definition) is 6. The van der Waals surface area contributed by atoms with E-state index in [0.717, 1.165) is 6.26 Å². The van der Waals surface area contributed by atoms with Gasteiger partial charge in [-0.05, 0) is 34.1 Å². The molecule has 140 valence electrons. The van der Waals surface area contributed by atoms with Crippen molar-refractivity contribution in [1.82, 2.24) is 10.6 Å². The maximum Gasteiger partial charge on any atom is 0.408 e. The van der Waals surface area contributed by atoms with E-state index in [2.05, 4.69) is 17.2 Å². The first-order chi connectivity index (χ1) is 11.5. The molecule has 2 aliphatic rings. The van der Waals surface area contributed by atoms with E-state index >= 15 is 0 Å². The number of carbonyl (C=O) groups is 3. The van der Waals surface area contributed by atoms with E-state index in [-0.39, 0.29) is 18.4 Å². The minimum absolute atomic E-state index is 0.194. The maximum atomic E-state index is 12.2. The lowest BCUT2D eigenvalue weighted by Gasteiger charge is -2.30. The van der Waals surface area contributed by atoms with Crippen LogP contribution in [-0.4, -0.2) is 46.9 Å². The molecule has 3 N–H and O–H groups in total. The van der Waals surface area contributed by atoms with Crippen LogP contribution in [0.4, 0.5) is 4.79 Å². The maximum absolute atomic E-state index is 12.2. The second kappa shape index (κ2) is 6.67. The third-order valence-electron chi connectivity index (χ3n) is 4.58. The summed E-state index contributed by atoms with van der Waals surface area (Å²) in [5, 5.41) is 15.3. The highest BCUT2D eigenvalue weighted by atomic mass is 16.6. The number of fused-ring (bicyclic) bond motifs is 1. The zero-order valence-electron chi connectivity index (χ0n) is 15.0. The number of ether oxygens (including phenoxy) is 2. The Labute approximate surface area is 146 Å². The summed E-state index contributed by atoms with van der Waals surface area (Å²) in [6.45, 7) is 10.1. The van der Waals surface area contributed by atoms with Crippen molar-refractivity contribution < 1.29 is 29.0 Å². The summed E-state index contributed by atoms with van der Waals surface area (Å²) in [6, 6.07) is 0. The van der Waals surface area contributed by atoms with Gasteiger partial charge >= 0.3 is 12.1 Å². The average molecular weight is 354 g/mol. The van der Waals surface area contributed by atoms with Gasteiger partial charge < -0.3 is 25.2 Å². The molecule has 2 aliphatic carbocycles. The van der Waals surface area contributed by atoms with Crippen LogP contribution in [0.1, 0.15) is 34.1 Å². The number of aliphatic hydroxyl groups is 1. The summed E-state index contributed by atoms with van der Waals surface area (Å²) in [4.78, 5) is 35.6. The van der Waals surface area contributed by atoms with Crippen LogP contribution in [0.25, 0.3) is 0 Å². The summed E-state index contributed by atoms with van der Waals surface area (Å²) in [5.41, 5.74) is -1.39. The molecule has 0 bridgehead atoms. The van der Waals surface area contributed by atoms with E-state index in [1.807, 2.05) is 0 Å². The number of amides is 2. The fraction of sp³-hybridized carbons (Fsp3) is 0.706. The lowest BCUT2D eigenvalue weighted by Crippen LogP contribution is -2.51. The van der Waals surface area contributed by atoms with Crippen molar-refractivity contribution >= 4 is 18.0 Å². The van der Waals surface area contributed by atoms with Gasteiger partial charge in [-0.2, -0.15) is 0 Å². The van der Waals surface area contributed by atoms with E-state index in [9.17, 15) is 19.5 Å². The Morgan fingerprint density at radius 2 is 2.00 bits per heavy atom. The zero-order valence-corrected chi connectivity index (χ0v) is 15.0. The predicted octanol–water partition coefficient (Wildman–Crippen LogP) is 0.699. The van der Waals surface area contributed by atoms with Crippen molar-refractivity contribution in [2.45, 2.75) is 51.4 Å². The lowest BCUT2D eigenvalue weighted by atomic mass is 9.91. The normalized spacial score (nSPS) is 33.0. The van der Waals surface area contributed by atoms with Crippen molar-refractivity contribution in [2.75, 3.05) is 6.54 Å². The smallest absolute Gasteiger partial charge is 0.408 e. The van der Waals surface area contributed by atoms with Gasteiger partial charge in [-0.3, -0.25) is 9.59 Å². The summed E-state index contributed by atoms with van der Waals surface area (Å²) < 4.78 is 9.87. The molecular formula is C17H26N2O6. The predicted molar refractivity (Wildman–Crippen MR) is 88.2 cm³/mol. The van der Waals surface area contributed by atoms with Gasteiger partial charge in [0, 0.05) is 17.4 Å². The zero-order chi connectivity index (χ0) is 19.0. The van der Waals surface area contributed by atoms with Crippen molar-refractivity contribution in [3.05, 3.63) is 12.8 Å². The van der Waals surface area contributed by atoms with Crippen LogP contribution in [0, 0.1) is 17.8 Å². The van der Waals surface area contributed by atoms with Gasteiger partial charge in [-0.15, -0.1) is 0 Å². The van der Waals surface area contributed by atoms with Crippen molar-refractivity contribution in [3.63, 3.8) is 0 Å². The van der Waals surface area contributed by atoms with Gasteiger partial charge in [-0.1, -0.05) is 6.58 Å². The molecule has 0 radical (unpaired) electrons. The Hall–Kier alpha value is -2.09. The van der Waals surface area contributed by atoms with E-state index < -0.39 is 41.1 Å². The van der Waals surface area contributed by atoms with Crippen molar-refractivity contribution in [2.24, 2.45) is 17.8 Å². The molecule has 0 spiro atoms. The highest BCUT2D eigenvalue weighted by Gasteiger charge is 2.71. The standard InChI is InChI=1S/C17H26N2O6/c1-6-24-14(22)12-11-9(20)7-17(5,13(11)12)19-10(21)8-18-15(23)25-16(2,3)4/h6,9,11-13,20H,1,7-8H2,2-5H3,(H,18,23)(H,19,21)/t9-,11-,12-,13-,17-/m0/s1. The molecule has 0 aromatic rings. The fourth-order valence-electron chi connectivity index (χ4n) is 3.77. The van der Waals surface area contributed by atoms with Crippen LogP contribution in [0.3, 0.4) is 0 Å². The number of aliphatic hydroxyl groups excluding tert-OH is 1. The van der Waals surface area contributed by atoms with Gasteiger partial charge in [0.2, 0.25) is 5.91 Å². The minimum atomic E-state index is -0.734. The monoisotopic (exact) mass is 354 g/mol. The molecule has 2 rings (SSSR count). The molecule has 0 unspecified atom stereocenters. The highest BCUT2D eigenvalue weighted by Crippen LogP contribution is 2.62. The second-order valence-corrected chi connectivity index (χ2v) is 7.83. The molecule has 2 amide bonds. The molecule has 2 saturated carbocycles. The SMILES string of the molecule is C=COC(=O)[C@H]1[C@H]2[C@@H]1[C@@](C)(NC(=O)CNC(=O)OC(C)(C)C)C[C@@H]2O. The molecule has 0 aromatic heterocycles. The highest BCUT2D eigenvalue weighted by molar-refractivity contribution is 5.84. The first-order valence-electron chi connectivity index (χ1n) is 8.26. The molecule has 5 atom stereocenters. The fourth-order valence-corrected chi connectivity index (χ4v) is 3.77. The number of nitrogens with one attached hydrogen (secondary N) is 2. The second-order valence-electron chi connectivity index (χ2n) is 7.83. The first-order valence-corrected chi connectivity index (χ1v) is 8.26. The number of hydrogen-bond donors (Lipinski definition) is 3. The van der Waals surface area contributed by atoms with Crippen LogP contribution >= 0.6 is 0 Å². The van der Waals surface area contributed by atoms with Crippen LogP contribution < -0.4 is 10.6 Å². The van der Waals surface area contributed by atoms with Crippen LogP contribution in [0.15, 0.2) is 12.8 Å². The summed E-state index contributed by atoms with van der Waals surface area (Å²) in [6.07, 6.45) is 0.0365. The minimum Gasteiger partial charge on any atom is -0.444 e. The molecule has 0 heterocycles. The molecule has 0 aromatic carbocycles. The molecular weight excluding hydrogens is 328 g/mol. The third-order valence-corrected chi connectivity index (χ3v) is 4.58. The Morgan fingerprint density at radius 3 is 2.56 bits per heavy atom. The summed E-state index contributed by atoms with van der Waals surface area (Å²) >= 11 is 0. The summed E-state index contributed by atoms with van der Waals surface area (Å²) in [7, 11) is 0. The lowest BCUT2D eigenvalue weighted by molar-refractivity contribution is -0.141. The number of rotatable bonds is 5. The number of alkyl carbamates (subject to hydrolysis) is 1. The van der Waals surface area contributed by atoms with Crippen LogP contribution in [-0.2, 0) is 19.1 Å². The average Bonchev–Trinajstić information content (AvgIpc) is 3.14. The first kappa shape index (κ1) is 19.2. The number of esters is 1. The van der Waals surface area contributed by atoms with Gasteiger partial charge in [0.05, 0.1) is 18.3 Å². The van der Waals surface area contributed by atoms with Crippen molar-refractivity contribution in [1.29, 1.82) is 0 Å².